The number of hydrogen-bond donors (Lipinski definition) is 2. The number of nitrogens with zero attached hydrogens (tertiary/aromatic N) is 3. The molecule has 0 aliphatic heterocycles. The van der Waals surface area contributed by atoms with Gasteiger partial charge in [-0.15, -0.1) is 13.2 Å². The molecule has 3 aromatic rings. The third-order valence-corrected chi connectivity index (χ3v) is 6.73. The number of para-hydroxylation sites is 1. The molecule has 1 aliphatic carbocycles. The summed E-state index contributed by atoms with van der Waals surface area (Å²) in [5, 5.41) is 7.83. The van der Waals surface area contributed by atoms with Crippen molar-refractivity contribution < 1.29 is 17.9 Å². The second-order valence-electron chi connectivity index (χ2n) is 9.06. The van der Waals surface area contributed by atoms with Gasteiger partial charge in [-0.1, -0.05) is 34.1 Å². The molecule has 0 saturated heterocycles. The molecule has 0 bridgehead atoms. The van der Waals surface area contributed by atoms with Gasteiger partial charge in [0.05, 0.1) is 5.52 Å². The lowest BCUT2D eigenvalue weighted by atomic mass is 9.86. The molecule has 1 aliphatic rings. The molecule has 1 saturated carbocycles. The molecule has 1 fully saturated rings. The van der Waals surface area contributed by atoms with E-state index in [0.29, 0.717) is 28.4 Å². The van der Waals surface area contributed by atoms with E-state index in [0.717, 1.165) is 48.9 Å². The zero-order chi connectivity index (χ0) is 25.0. The predicted octanol–water partition coefficient (Wildman–Crippen LogP) is 6.12. The van der Waals surface area contributed by atoms with Gasteiger partial charge in [0, 0.05) is 48.6 Å². The lowest BCUT2D eigenvalue weighted by Gasteiger charge is -2.29. The minimum Gasteiger partial charge on any atom is -0.405 e. The van der Waals surface area contributed by atoms with Gasteiger partial charge in [0.15, 0.2) is 0 Å². The summed E-state index contributed by atoms with van der Waals surface area (Å²) < 4.78 is 43.0. The SMILES string of the molecule is CN(C)c1nc(NC[C@H]2CC[C@H](NCc3ccc(Br)cc3OC(F)(F)F)CC2)nc2ccccc12. The summed E-state index contributed by atoms with van der Waals surface area (Å²) in [6.07, 6.45) is -0.765. The fourth-order valence-corrected chi connectivity index (χ4v) is 4.77. The van der Waals surface area contributed by atoms with Gasteiger partial charge >= 0.3 is 6.36 Å². The molecule has 1 aromatic heterocycles. The minimum absolute atomic E-state index is 0.176. The van der Waals surface area contributed by atoms with Crippen molar-refractivity contribution in [3.05, 3.63) is 52.5 Å². The van der Waals surface area contributed by atoms with Gasteiger partial charge in [-0.2, -0.15) is 4.98 Å². The summed E-state index contributed by atoms with van der Waals surface area (Å²) in [4.78, 5) is 11.4. The number of aromatic nitrogens is 2. The van der Waals surface area contributed by atoms with Crippen molar-refractivity contribution in [1.82, 2.24) is 15.3 Å². The first-order valence-corrected chi connectivity index (χ1v) is 12.4. The lowest BCUT2D eigenvalue weighted by Crippen LogP contribution is -2.34. The Kier molecular flexibility index (Phi) is 8.01. The van der Waals surface area contributed by atoms with E-state index in [2.05, 4.69) is 36.3 Å². The molecule has 1 heterocycles. The van der Waals surface area contributed by atoms with E-state index >= 15 is 0 Å². The van der Waals surface area contributed by atoms with Crippen LogP contribution in [0.15, 0.2) is 46.9 Å². The van der Waals surface area contributed by atoms with Gasteiger partial charge in [-0.25, -0.2) is 4.98 Å². The highest BCUT2D eigenvalue weighted by atomic mass is 79.9. The van der Waals surface area contributed by atoms with Crippen molar-refractivity contribution in [1.29, 1.82) is 0 Å². The maximum Gasteiger partial charge on any atom is 0.573 e. The molecule has 0 spiro atoms. The maximum absolute atomic E-state index is 12.7. The van der Waals surface area contributed by atoms with E-state index in [1.54, 1.807) is 12.1 Å². The van der Waals surface area contributed by atoms with Crippen LogP contribution in [0.25, 0.3) is 10.9 Å². The highest BCUT2D eigenvalue weighted by molar-refractivity contribution is 9.10. The molecule has 0 amide bonds. The van der Waals surface area contributed by atoms with Crippen molar-refractivity contribution in [2.24, 2.45) is 5.92 Å². The molecular formula is C25H29BrF3N5O. The van der Waals surface area contributed by atoms with E-state index in [1.807, 2.05) is 43.3 Å². The van der Waals surface area contributed by atoms with E-state index in [9.17, 15) is 13.2 Å². The van der Waals surface area contributed by atoms with Gasteiger partial charge in [-0.05, 0) is 55.9 Å². The molecule has 35 heavy (non-hydrogen) atoms. The molecule has 2 aromatic carbocycles. The Balaban J connectivity index is 1.29. The summed E-state index contributed by atoms with van der Waals surface area (Å²) in [6.45, 7) is 1.11. The van der Waals surface area contributed by atoms with Crippen molar-refractivity contribution in [3.8, 4) is 5.75 Å². The average molecular weight is 552 g/mol. The van der Waals surface area contributed by atoms with Crippen LogP contribution in [0.2, 0.25) is 0 Å². The van der Waals surface area contributed by atoms with Crippen LogP contribution in [0.4, 0.5) is 24.9 Å². The van der Waals surface area contributed by atoms with Crippen LogP contribution in [0.5, 0.6) is 5.75 Å². The Morgan fingerprint density at radius 1 is 1.06 bits per heavy atom. The Hall–Kier alpha value is -2.59. The number of rotatable bonds is 8. The van der Waals surface area contributed by atoms with Gasteiger partial charge in [0.2, 0.25) is 5.95 Å². The number of fused-ring (bicyclic) bond motifs is 1. The van der Waals surface area contributed by atoms with E-state index in [4.69, 9.17) is 4.98 Å². The molecule has 188 valence electrons. The van der Waals surface area contributed by atoms with Crippen molar-refractivity contribution in [2.75, 3.05) is 30.9 Å². The predicted molar refractivity (Wildman–Crippen MR) is 136 cm³/mol. The normalized spacial score (nSPS) is 18.5. The van der Waals surface area contributed by atoms with E-state index in [1.165, 1.54) is 6.07 Å². The second-order valence-corrected chi connectivity index (χ2v) is 9.98. The fraction of sp³-hybridized carbons (Fsp3) is 0.440. The molecule has 0 atom stereocenters. The molecule has 10 heteroatoms. The Morgan fingerprint density at radius 2 is 1.80 bits per heavy atom. The molecule has 4 rings (SSSR count). The summed E-state index contributed by atoms with van der Waals surface area (Å²) in [5.41, 5.74) is 1.39. The molecule has 6 nitrogen and oxygen atoms in total. The maximum atomic E-state index is 12.7. The van der Waals surface area contributed by atoms with Gasteiger partial charge in [0.25, 0.3) is 0 Å². The van der Waals surface area contributed by atoms with Gasteiger partial charge < -0.3 is 20.3 Å². The van der Waals surface area contributed by atoms with Crippen LogP contribution in [0.3, 0.4) is 0 Å². The number of benzene rings is 2. The fourth-order valence-electron chi connectivity index (χ4n) is 4.43. The molecule has 2 N–H and O–H groups in total. The summed E-state index contributed by atoms with van der Waals surface area (Å²) in [7, 11) is 3.94. The quantitative estimate of drug-likeness (QED) is 0.351. The second kappa shape index (κ2) is 11.0. The van der Waals surface area contributed by atoms with Crippen LogP contribution in [-0.2, 0) is 6.54 Å². The Bertz CT molecular complexity index is 1150. The largest absolute Gasteiger partial charge is 0.573 e. The number of halogens is 4. The monoisotopic (exact) mass is 551 g/mol. The topological polar surface area (TPSA) is 62.3 Å². The van der Waals surface area contributed by atoms with E-state index in [-0.39, 0.29) is 11.8 Å². The summed E-state index contributed by atoms with van der Waals surface area (Å²) in [6, 6.07) is 12.9. The van der Waals surface area contributed by atoms with Crippen LogP contribution in [0, 0.1) is 5.92 Å². The highest BCUT2D eigenvalue weighted by Crippen LogP contribution is 2.31. The Morgan fingerprint density at radius 3 is 2.51 bits per heavy atom. The first-order chi connectivity index (χ1) is 16.7. The van der Waals surface area contributed by atoms with Crippen LogP contribution < -0.4 is 20.3 Å². The van der Waals surface area contributed by atoms with E-state index < -0.39 is 6.36 Å². The minimum atomic E-state index is -4.72. The molecule has 0 unspecified atom stereocenters. The number of alkyl halides is 3. The zero-order valence-corrected chi connectivity index (χ0v) is 21.3. The third kappa shape index (κ3) is 6.98. The first-order valence-electron chi connectivity index (χ1n) is 11.6. The Labute approximate surface area is 211 Å². The number of nitrogens with one attached hydrogen (secondary N) is 2. The average Bonchev–Trinajstić information content (AvgIpc) is 2.81. The molecule has 0 radical (unpaired) electrons. The standard InChI is InChI=1S/C25H29BrF3N5O/c1-34(2)23-20-5-3-4-6-21(20)32-24(33-23)31-14-16-7-11-19(12-8-16)30-15-17-9-10-18(26)13-22(17)35-25(27,28)29/h3-6,9-10,13,16,19,30H,7-8,11-12,14-15H2,1-2H3,(H,31,32,33)/t16-,19-. The zero-order valence-electron chi connectivity index (χ0n) is 19.7. The smallest absolute Gasteiger partial charge is 0.405 e. The number of anilines is 2. The number of ether oxygens (including phenoxy) is 1. The van der Waals surface area contributed by atoms with Crippen LogP contribution in [0.1, 0.15) is 31.2 Å². The van der Waals surface area contributed by atoms with Crippen molar-refractivity contribution >= 4 is 38.6 Å². The summed E-state index contributed by atoms with van der Waals surface area (Å²) in [5.74, 6) is 1.82. The van der Waals surface area contributed by atoms with Crippen molar-refractivity contribution in [2.45, 2.75) is 44.6 Å². The lowest BCUT2D eigenvalue weighted by molar-refractivity contribution is -0.274. The number of hydrogen-bond acceptors (Lipinski definition) is 6. The third-order valence-electron chi connectivity index (χ3n) is 6.24. The summed E-state index contributed by atoms with van der Waals surface area (Å²) >= 11 is 3.21. The van der Waals surface area contributed by atoms with Crippen LogP contribution >= 0.6 is 15.9 Å². The molecular weight excluding hydrogens is 523 g/mol. The van der Waals surface area contributed by atoms with Crippen LogP contribution in [-0.4, -0.2) is 43.0 Å². The first kappa shape index (κ1) is 25.5. The highest BCUT2D eigenvalue weighted by Gasteiger charge is 2.32. The van der Waals surface area contributed by atoms with Gasteiger partial charge in [-0.3, -0.25) is 0 Å². The van der Waals surface area contributed by atoms with Crippen molar-refractivity contribution in [3.63, 3.8) is 0 Å². The van der Waals surface area contributed by atoms with Gasteiger partial charge in [0.1, 0.15) is 11.6 Å².